The molecule has 0 saturated heterocycles. The molecular formula is C14H24N2O2S. The minimum Gasteiger partial charge on any atom is -0.316 e. The lowest BCUT2D eigenvalue weighted by atomic mass is 10.0. The molecule has 0 aliphatic rings. The SMILES string of the molecule is CCC(NS(=O)(=O)c1ccccc1CNC)C(C)C. The number of benzene rings is 1. The third-order valence-corrected chi connectivity index (χ3v) is 4.77. The van der Waals surface area contributed by atoms with Crippen LogP contribution in [-0.2, 0) is 16.6 Å². The van der Waals surface area contributed by atoms with Crippen LogP contribution >= 0.6 is 0 Å². The Morgan fingerprint density at radius 1 is 1.21 bits per heavy atom. The predicted octanol–water partition coefficient (Wildman–Crippen LogP) is 2.12. The summed E-state index contributed by atoms with van der Waals surface area (Å²) in [5.41, 5.74) is 0.788. The molecule has 0 aliphatic heterocycles. The number of hydrogen-bond donors (Lipinski definition) is 2. The molecule has 4 nitrogen and oxygen atoms in total. The fourth-order valence-electron chi connectivity index (χ4n) is 2.06. The van der Waals surface area contributed by atoms with E-state index in [1.165, 1.54) is 0 Å². The van der Waals surface area contributed by atoms with Crippen molar-refractivity contribution in [1.29, 1.82) is 0 Å². The van der Waals surface area contributed by atoms with Gasteiger partial charge in [-0.15, -0.1) is 0 Å². The molecule has 0 heterocycles. The van der Waals surface area contributed by atoms with Gasteiger partial charge in [-0.1, -0.05) is 39.0 Å². The summed E-state index contributed by atoms with van der Waals surface area (Å²) in [5.74, 6) is 0.274. The van der Waals surface area contributed by atoms with Gasteiger partial charge in [0.2, 0.25) is 10.0 Å². The monoisotopic (exact) mass is 284 g/mol. The van der Waals surface area contributed by atoms with Crippen LogP contribution < -0.4 is 10.0 Å². The van der Waals surface area contributed by atoms with Gasteiger partial charge >= 0.3 is 0 Å². The first-order chi connectivity index (χ1) is 8.92. The molecule has 1 unspecified atom stereocenters. The Morgan fingerprint density at radius 2 is 1.84 bits per heavy atom. The molecule has 0 aromatic heterocycles. The lowest BCUT2D eigenvalue weighted by molar-refractivity contribution is 0.437. The normalized spacial score (nSPS) is 13.7. The fraction of sp³-hybridized carbons (Fsp3) is 0.571. The Labute approximate surface area is 116 Å². The first-order valence-electron chi connectivity index (χ1n) is 6.67. The van der Waals surface area contributed by atoms with Crippen LogP contribution in [0.4, 0.5) is 0 Å². The highest BCUT2D eigenvalue weighted by molar-refractivity contribution is 7.89. The molecule has 1 atom stereocenters. The maximum atomic E-state index is 12.5. The van der Waals surface area contributed by atoms with Crippen LogP contribution in [0.1, 0.15) is 32.8 Å². The summed E-state index contributed by atoms with van der Waals surface area (Å²) in [6, 6.07) is 7.06. The van der Waals surface area contributed by atoms with Gasteiger partial charge in [0.05, 0.1) is 4.90 Å². The van der Waals surface area contributed by atoms with Crippen molar-refractivity contribution in [2.24, 2.45) is 5.92 Å². The van der Waals surface area contributed by atoms with E-state index in [0.29, 0.717) is 11.4 Å². The first kappa shape index (κ1) is 16.1. The summed E-state index contributed by atoms with van der Waals surface area (Å²) >= 11 is 0. The molecule has 19 heavy (non-hydrogen) atoms. The average Bonchev–Trinajstić information content (AvgIpc) is 2.36. The second-order valence-corrected chi connectivity index (χ2v) is 6.70. The van der Waals surface area contributed by atoms with E-state index in [4.69, 9.17) is 0 Å². The van der Waals surface area contributed by atoms with Crippen LogP contribution in [0, 0.1) is 5.92 Å². The van der Waals surface area contributed by atoms with Gasteiger partial charge in [0, 0.05) is 12.6 Å². The van der Waals surface area contributed by atoms with Crippen LogP contribution in [0.5, 0.6) is 0 Å². The number of rotatable bonds is 7. The van der Waals surface area contributed by atoms with Gasteiger partial charge in [0.15, 0.2) is 0 Å². The topological polar surface area (TPSA) is 58.2 Å². The van der Waals surface area contributed by atoms with Gasteiger partial charge in [-0.2, -0.15) is 0 Å². The highest BCUT2D eigenvalue weighted by atomic mass is 32.2. The maximum absolute atomic E-state index is 12.5. The molecule has 0 saturated carbocycles. The molecule has 1 rings (SSSR count). The first-order valence-corrected chi connectivity index (χ1v) is 8.15. The van der Waals surface area contributed by atoms with Gasteiger partial charge in [0.1, 0.15) is 0 Å². The maximum Gasteiger partial charge on any atom is 0.241 e. The minimum atomic E-state index is -3.46. The molecule has 0 amide bonds. The fourth-order valence-corrected chi connectivity index (χ4v) is 3.76. The van der Waals surface area contributed by atoms with Crippen molar-refractivity contribution in [2.75, 3.05) is 7.05 Å². The molecule has 0 bridgehead atoms. The van der Waals surface area contributed by atoms with Crippen molar-refractivity contribution < 1.29 is 8.42 Å². The van der Waals surface area contributed by atoms with Gasteiger partial charge in [0.25, 0.3) is 0 Å². The third-order valence-electron chi connectivity index (χ3n) is 3.18. The summed E-state index contributed by atoms with van der Waals surface area (Å²) < 4.78 is 27.7. The Bertz CT molecular complexity index is 498. The Hall–Kier alpha value is -0.910. The van der Waals surface area contributed by atoms with E-state index in [1.807, 2.05) is 32.9 Å². The predicted molar refractivity (Wildman–Crippen MR) is 78.4 cm³/mol. The smallest absolute Gasteiger partial charge is 0.241 e. The molecule has 2 N–H and O–H groups in total. The number of hydrogen-bond acceptors (Lipinski definition) is 3. The Morgan fingerprint density at radius 3 is 2.37 bits per heavy atom. The van der Waals surface area contributed by atoms with Gasteiger partial charge in [-0.3, -0.25) is 0 Å². The zero-order valence-corrected chi connectivity index (χ0v) is 12.9. The summed E-state index contributed by atoms with van der Waals surface area (Å²) in [5, 5.41) is 2.99. The van der Waals surface area contributed by atoms with Crippen LogP contribution in [0.2, 0.25) is 0 Å². The molecule has 1 aromatic carbocycles. The number of sulfonamides is 1. The minimum absolute atomic E-state index is 0.0346. The third kappa shape index (κ3) is 4.30. The largest absolute Gasteiger partial charge is 0.316 e. The van der Waals surface area contributed by atoms with Crippen LogP contribution in [-0.4, -0.2) is 21.5 Å². The Kier molecular flexibility index (Phi) is 5.97. The molecule has 0 aliphatic carbocycles. The molecule has 108 valence electrons. The van der Waals surface area contributed by atoms with E-state index in [2.05, 4.69) is 10.0 Å². The van der Waals surface area contributed by atoms with Crippen LogP contribution in [0.15, 0.2) is 29.2 Å². The Balaban J connectivity index is 3.06. The quantitative estimate of drug-likeness (QED) is 0.806. The van der Waals surface area contributed by atoms with Crippen LogP contribution in [0.3, 0.4) is 0 Å². The van der Waals surface area contributed by atoms with E-state index in [1.54, 1.807) is 19.2 Å². The van der Waals surface area contributed by atoms with Crippen molar-refractivity contribution in [3.8, 4) is 0 Å². The standard InChI is InChI=1S/C14H24N2O2S/c1-5-13(11(2)3)16-19(17,18)14-9-7-6-8-12(14)10-15-4/h6-9,11,13,15-16H,5,10H2,1-4H3. The van der Waals surface area contributed by atoms with E-state index >= 15 is 0 Å². The van der Waals surface area contributed by atoms with Crippen molar-refractivity contribution in [1.82, 2.24) is 10.0 Å². The van der Waals surface area contributed by atoms with Crippen LogP contribution in [0.25, 0.3) is 0 Å². The second kappa shape index (κ2) is 7.03. The van der Waals surface area contributed by atoms with E-state index in [0.717, 1.165) is 12.0 Å². The van der Waals surface area contributed by atoms with Crippen molar-refractivity contribution in [3.63, 3.8) is 0 Å². The molecule has 0 fully saturated rings. The summed E-state index contributed by atoms with van der Waals surface area (Å²) in [4.78, 5) is 0.364. The highest BCUT2D eigenvalue weighted by Gasteiger charge is 2.23. The molecule has 1 aromatic rings. The lowest BCUT2D eigenvalue weighted by Crippen LogP contribution is -2.38. The number of nitrogens with one attached hydrogen (secondary N) is 2. The van der Waals surface area contributed by atoms with E-state index in [-0.39, 0.29) is 12.0 Å². The van der Waals surface area contributed by atoms with E-state index < -0.39 is 10.0 Å². The summed E-state index contributed by atoms with van der Waals surface area (Å²) in [6.07, 6.45) is 0.783. The molecule has 5 heteroatoms. The summed E-state index contributed by atoms with van der Waals surface area (Å²) in [7, 11) is -1.65. The zero-order chi connectivity index (χ0) is 14.5. The van der Waals surface area contributed by atoms with Crippen molar-refractivity contribution >= 4 is 10.0 Å². The highest BCUT2D eigenvalue weighted by Crippen LogP contribution is 2.17. The summed E-state index contributed by atoms with van der Waals surface area (Å²) in [6.45, 7) is 6.58. The van der Waals surface area contributed by atoms with Gasteiger partial charge in [-0.25, -0.2) is 13.1 Å². The van der Waals surface area contributed by atoms with E-state index in [9.17, 15) is 8.42 Å². The molecule has 0 radical (unpaired) electrons. The average molecular weight is 284 g/mol. The van der Waals surface area contributed by atoms with Gasteiger partial charge in [-0.05, 0) is 31.0 Å². The lowest BCUT2D eigenvalue weighted by Gasteiger charge is -2.21. The molecule has 0 spiro atoms. The molecular weight excluding hydrogens is 260 g/mol. The second-order valence-electron chi connectivity index (χ2n) is 5.02. The van der Waals surface area contributed by atoms with Crippen molar-refractivity contribution in [3.05, 3.63) is 29.8 Å². The van der Waals surface area contributed by atoms with Gasteiger partial charge < -0.3 is 5.32 Å². The van der Waals surface area contributed by atoms with Crippen molar-refractivity contribution in [2.45, 2.75) is 44.7 Å². The zero-order valence-electron chi connectivity index (χ0n) is 12.1.